The summed E-state index contributed by atoms with van der Waals surface area (Å²) in [4.78, 5) is 0. The number of nitrogens with zero attached hydrogens (tertiary/aromatic N) is 1. The Hall–Kier alpha value is -0.850. The number of hydrogen-bond donors (Lipinski definition) is 1. The zero-order valence-corrected chi connectivity index (χ0v) is 10.3. The first-order chi connectivity index (χ1) is 7.33. The third-order valence-corrected chi connectivity index (χ3v) is 2.60. The lowest BCUT2D eigenvalue weighted by Crippen LogP contribution is -2.14. The van der Waals surface area contributed by atoms with Gasteiger partial charge < -0.3 is 5.32 Å². The third kappa shape index (κ3) is 5.56. The second-order valence-corrected chi connectivity index (χ2v) is 4.34. The Morgan fingerprint density at radius 2 is 2.20 bits per heavy atom. The molecule has 2 nitrogen and oxygen atoms in total. The van der Waals surface area contributed by atoms with Gasteiger partial charge in [-0.2, -0.15) is 5.26 Å². The zero-order valence-electron chi connectivity index (χ0n) is 8.67. The Bertz CT molecular complexity index is 331. The van der Waals surface area contributed by atoms with Gasteiger partial charge in [0.25, 0.3) is 0 Å². The molecule has 0 atom stereocenters. The first-order valence-corrected chi connectivity index (χ1v) is 5.94. The summed E-state index contributed by atoms with van der Waals surface area (Å²) in [7, 11) is 0. The first-order valence-electron chi connectivity index (χ1n) is 5.15. The topological polar surface area (TPSA) is 35.8 Å². The van der Waals surface area contributed by atoms with Crippen LogP contribution >= 0.6 is 15.9 Å². The molecule has 0 bridgehead atoms. The van der Waals surface area contributed by atoms with Crippen LogP contribution < -0.4 is 5.32 Å². The molecule has 0 heterocycles. The van der Waals surface area contributed by atoms with E-state index in [1.54, 1.807) is 0 Å². The maximum atomic E-state index is 8.36. The van der Waals surface area contributed by atoms with Gasteiger partial charge in [0.1, 0.15) is 0 Å². The van der Waals surface area contributed by atoms with Gasteiger partial charge in [-0.1, -0.05) is 28.1 Å². The molecule has 15 heavy (non-hydrogen) atoms. The SMILES string of the molecule is N#CCCCCNCc1cccc(Br)c1. The van der Waals surface area contributed by atoms with Crippen molar-refractivity contribution in [1.82, 2.24) is 5.32 Å². The fourth-order valence-electron chi connectivity index (χ4n) is 1.33. The first kappa shape index (κ1) is 12.2. The molecule has 80 valence electrons. The van der Waals surface area contributed by atoms with E-state index in [4.69, 9.17) is 5.26 Å². The van der Waals surface area contributed by atoms with Crippen LogP contribution in [0, 0.1) is 11.3 Å². The van der Waals surface area contributed by atoms with E-state index in [9.17, 15) is 0 Å². The fraction of sp³-hybridized carbons (Fsp3) is 0.417. The summed E-state index contributed by atoms with van der Waals surface area (Å²) in [5.74, 6) is 0. The molecule has 0 saturated carbocycles. The van der Waals surface area contributed by atoms with Crippen LogP contribution in [0.15, 0.2) is 28.7 Å². The molecule has 1 aromatic rings. The largest absolute Gasteiger partial charge is 0.313 e. The van der Waals surface area contributed by atoms with Crippen LogP contribution in [-0.2, 0) is 6.54 Å². The van der Waals surface area contributed by atoms with Gasteiger partial charge in [-0.25, -0.2) is 0 Å². The Balaban J connectivity index is 2.13. The van der Waals surface area contributed by atoms with Crippen molar-refractivity contribution in [3.05, 3.63) is 34.3 Å². The van der Waals surface area contributed by atoms with Gasteiger partial charge in [-0.05, 0) is 37.1 Å². The molecule has 0 amide bonds. The molecule has 1 rings (SSSR count). The van der Waals surface area contributed by atoms with Gasteiger partial charge in [-0.3, -0.25) is 0 Å². The highest BCUT2D eigenvalue weighted by Crippen LogP contribution is 2.11. The number of nitrogens with one attached hydrogen (secondary N) is 1. The van der Waals surface area contributed by atoms with Crippen LogP contribution in [0.2, 0.25) is 0 Å². The van der Waals surface area contributed by atoms with Crippen molar-refractivity contribution in [2.75, 3.05) is 6.54 Å². The second-order valence-electron chi connectivity index (χ2n) is 3.42. The monoisotopic (exact) mass is 266 g/mol. The van der Waals surface area contributed by atoms with E-state index in [0.29, 0.717) is 6.42 Å². The molecule has 1 N–H and O–H groups in total. The van der Waals surface area contributed by atoms with Crippen molar-refractivity contribution in [2.45, 2.75) is 25.8 Å². The molecule has 0 saturated heterocycles. The van der Waals surface area contributed by atoms with E-state index >= 15 is 0 Å². The van der Waals surface area contributed by atoms with E-state index < -0.39 is 0 Å². The van der Waals surface area contributed by atoms with Crippen LogP contribution in [0.1, 0.15) is 24.8 Å². The third-order valence-electron chi connectivity index (χ3n) is 2.11. The number of nitriles is 1. The van der Waals surface area contributed by atoms with Crippen LogP contribution in [0.25, 0.3) is 0 Å². The highest BCUT2D eigenvalue weighted by Gasteiger charge is 1.93. The maximum Gasteiger partial charge on any atom is 0.0621 e. The predicted molar refractivity (Wildman–Crippen MR) is 65.3 cm³/mol. The minimum atomic E-state index is 0.665. The van der Waals surface area contributed by atoms with E-state index in [1.165, 1.54) is 5.56 Å². The predicted octanol–water partition coefficient (Wildman–Crippen LogP) is 3.23. The Kier molecular flexibility index (Phi) is 6.06. The molecule has 0 aliphatic rings. The smallest absolute Gasteiger partial charge is 0.0621 e. The molecule has 0 spiro atoms. The Morgan fingerprint density at radius 3 is 2.93 bits per heavy atom. The summed E-state index contributed by atoms with van der Waals surface area (Å²) in [6.07, 6.45) is 2.72. The lowest BCUT2D eigenvalue weighted by molar-refractivity contribution is 0.628. The van der Waals surface area contributed by atoms with Crippen molar-refractivity contribution in [3.63, 3.8) is 0 Å². The van der Waals surface area contributed by atoms with Crippen molar-refractivity contribution >= 4 is 15.9 Å². The lowest BCUT2D eigenvalue weighted by atomic mass is 10.2. The minimum absolute atomic E-state index is 0.665. The van der Waals surface area contributed by atoms with Crippen molar-refractivity contribution in [2.24, 2.45) is 0 Å². The number of hydrogen-bond acceptors (Lipinski definition) is 2. The molecule has 0 fully saturated rings. The minimum Gasteiger partial charge on any atom is -0.313 e. The quantitative estimate of drug-likeness (QED) is 0.803. The standard InChI is InChI=1S/C12H15BrN2/c13-12-6-4-5-11(9-12)10-15-8-3-1-2-7-14/h4-6,9,15H,1-3,8,10H2. The van der Waals surface area contributed by atoms with Gasteiger partial charge in [0.2, 0.25) is 0 Å². The van der Waals surface area contributed by atoms with Gasteiger partial charge in [0, 0.05) is 17.4 Å². The van der Waals surface area contributed by atoms with Gasteiger partial charge in [-0.15, -0.1) is 0 Å². The fourth-order valence-corrected chi connectivity index (χ4v) is 1.78. The molecule has 0 unspecified atom stereocenters. The van der Waals surface area contributed by atoms with Crippen LogP contribution in [-0.4, -0.2) is 6.54 Å². The van der Waals surface area contributed by atoms with E-state index in [-0.39, 0.29) is 0 Å². The number of benzene rings is 1. The number of rotatable bonds is 6. The Labute approximate surface area is 99.4 Å². The maximum absolute atomic E-state index is 8.36. The molecule has 0 aliphatic heterocycles. The normalized spacial score (nSPS) is 9.87. The molecule has 0 aromatic heterocycles. The molecule has 3 heteroatoms. The summed E-state index contributed by atoms with van der Waals surface area (Å²) >= 11 is 3.44. The summed E-state index contributed by atoms with van der Waals surface area (Å²) in [5, 5.41) is 11.7. The van der Waals surface area contributed by atoms with Crippen molar-refractivity contribution in [3.8, 4) is 6.07 Å². The molecule has 1 aromatic carbocycles. The van der Waals surface area contributed by atoms with Gasteiger partial charge in [0.05, 0.1) is 6.07 Å². The van der Waals surface area contributed by atoms with Crippen LogP contribution in [0.5, 0.6) is 0 Å². The second kappa shape index (κ2) is 7.44. The summed E-state index contributed by atoms with van der Waals surface area (Å²) < 4.78 is 1.12. The van der Waals surface area contributed by atoms with E-state index in [1.807, 2.05) is 12.1 Å². The molecule has 0 radical (unpaired) electrons. The van der Waals surface area contributed by atoms with E-state index in [0.717, 1.165) is 30.4 Å². The highest BCUT2D eigenvalue weighted by atomic mass is 79.9. The van der Waals surface area contributed by atoms with Crippen molar-refractivity contribution < 1.29 is 0 Å². The lowest BCUT2D eigenvalue weighted by Gasteiger charge is -2.04. The average molecular weight is 267 g/mol. The van der Waals surface area contributed by atoms with Crippen LogP contribution in [0.3, 0.4) is 0 Å². The molecule has 0 aliphatic carbocycles. The number of halogens is 1. The Morgan fingerprint density at radius 1 is 1.33 bits per heavy atom. The summed E-state index contributed by atoms with van der Waals surface area (Å²) in [5.41, 5.74) is 1.28. The molecular formula is C12H15BrN2. The van der Waals surface area contributed by atoms with Crippen LogP contribution in [0.4, 0.5) is 0 Å². The molecular weight excluding hydrogens is 252 g/mol. The van der Waals surface area contributed by atoms with Crippen molar-refractivity contribution in [1.29, 1.82) is 5.26 Å². The highest BCUT2D eigenvalue weighted by molar-refractivity contribution is 9.10. The van der Waals surface area contributed by atoms with Gasteiger partial charge >= 0.3 is 0 Å². The summed E-state index contributed by atoms with van der Waals surface area (Å²) in [6, 6.07) is 10.4. The number of unbranched alkanes of at least 4 members (excludes halogenated alkanes) is 2. The van der Waals surface area contributed by atoms with Gasteiger partial charge in [0.15, 0.2) is 0 Å². The zero-order chi connectivity index (χ0) is 10.9. The summed E-state index contributed by atoms with van der Waals surface area (Å²) in [6.45, 7) is 1.88. The average Bonchev–Trinajstić information content (AvgIpc) is 2.23. The van der Waals surface area contributed by atoms with E-state index in [2.05, 4.69) is 39.4 Å².